The number of hydrogen-bond donors (Lipinski definition) is 0. The first kappa shape index (κ1) is 24.9. The van der Waals surface area contributed by atoms with Crippen LogP contribution in [0.2, 0.25) is 0 Å². The molecule has 0 bridgehead atoms. The molecule has 0 spiro atoms. The average Bonchev–Trinajstić information content (AvgIpc) is 2.92. The Labute approximate surface area is 216 Å². The predicted molar refractivity (Wildman–Crippen MR) is 136 cm³/mol. The number of benzene rings is 2. The third-order valence-electron chi connectivity index (χ3n) is 6.07. The van der Waals surface area contributed by atoms with E-state index in [9.17, 15) is 14.4 Å². The quantitative estimate of drug-likeness (QED) is 0.237. The molecule has 5 rings (SSSR count). The number of esters is 1. The monoisotopic (exact) mass is 523 g/mol. The van der Waals surface area contributed by atoms with E-state index in [1.807, 2.05) is 19.1 Å². The lowest BCUT2D eigenvalue weighted by atomic mass is 10.1. The molecule has 192 valence electrons. The van der Waals surface area contributed by atoms with Gasteiger partial charge in [-0.15, -0.1) is 11.8 Å². The second kappa shape index (κ2) is 10.7. The minimum absolute atomic E-state index is 0.0406. The third kappa shape index (κ3) is 5.07. The van der Waals surface area contributed by atoms with Gasteiger partial charge >= 0.3 is 11.6 Å². The van der Waals surface area contributed by atoms with Gasteiger partial charge in [0.25, 0.3) is 5.91 Å². The Kier molecular flexibility index (Phi) is 7.20. The Hall–Kier alpha value is -3.76. The van der Waals surface area contributed by atoms with Crippen molar-refractivity contribution in [1.82, 2.24) is 4.90 Å². The number of thioether (sulfide) groups is 1. The molecule has 2 atom stereocenters. The molecule has 2 aliphatic heterocycles. The number of fused-ring (bicyclic) bond motifs is 2. The molecule has 1 aromatic heterocycles. The Bertz CT molecular complexity index is 1410. The first-order valence-electron chi connectivity index (χ1n) is 11.7. The van der Waals surface area contributed by atoms with Crippen LogP contribution in [0, 0.1) is 0 Å². The summed E-state index contributed by atoms with van der Waals surface area (Å²) in [4.78, 5) is 39.2. The summed E-state index contributed by atoms with van der Waals surface area (Å²) in [7, 11) is 1.58. The van der Waals surface area contributed by atoms with E-state index in [0.29, 0.717) is 35.0 Å². The van der Waals surface area contributed by atoms with E-state index in [4.69, 9.17) is 23.4 Å². The van der Waals surface area contributed by atoms with Crippen molar-refractivity contribution in [3.8, 4) is 11.5 Å². The van der Waals surface area contributed by atoms with Crippen molar-refractivity contribution in [2.75, 3.05) is 26.1 Å². The second-order valence-electron chi connectivity index (χ2n) is 8.40. The molecule has 2 aliphatic rings. The molecule has 0 saturated carbocycles. The van der Waals surface area contributed by atoms with Crippen LogP contribution in [0.15, 0.2) is 75.1 Å². The summed E-state index contributed by atoms with van der Waals surface area (Å²) in [6.45, 7) is 2.32. The Morgan fingerprint density at radius 3 is 2.57 bits per heavy atom. The van der Waals surface area contributed by atoms with Gasteiger partial charge < -0.3 is 23.4 Å². The van der Waals surface area contributed by atoms with Gasteiger partial charge in [-0.1, -0.05) is 12.1 Å². The largest absolute Gasteiger partial charge is 0.497 e. The molecule has 1 saturated heterocycles. The summed E-state index contributed by atoms with van der Waals surface area (Å²) < 4.78 is 27.5. The van der Waals surface area contributed by atoms with Crippen LogP contribution in [-0.4, -0.2) is 54.3 Å². The van der Waals surface area contributed by atoms with Crippen molar-refractivity contribution in [3.05, 3.63) is 81.9 Å². The van der Waals surface area contributed by atoms with Gasteiger partial charge in [-0.2, -0.15) is 0 Å². The highest BCUT2D eigenvalue weighted by Crippen LogP contribution is 2.42. The number of β-lactam (4-membered cyclic amide) rings is 1. The van der Waals surface area contributed by atoms with Crippen molar-refractivity contribution < 1.29 is 33.0 Å². The zero-order valence-electron chi connectivity index (χ0n) is 20.3. The van der Waals surface area contributed by atoms with Gasteiger partial charge in [0.15, 0.2) is 6.10 Å². The van der Waals surface area contributed by atoms with Gasteiger partial charge in [0.1, 0.15) is 41.4 Å². The van der Waals surface area contributed by atoms with Crippen LogP contribution < -0.4 is 15.1 Å². The fourth-order valence-electron chi connectivity index (χ4n) is 4.19. The zero-order valence-corrected chi connectivity index (χ0v) is 21.1. The molecule has 0 unspecified atom stereocenters. The molecule has 3 aromatic rings. The van der Waals surface area contributed by atoms with E-state index in [-0.39, 0.29) is 30.2 Å². The van der Waals surface area contributed by atoms with Gasteiger partial charge in [-0.3, -0.25) is 9.69 Å². The SMILES string of the molecule is CCO[C@H]1C(=O)N2C(C(=O)OCc3ccc(OC)cc3)=C(COc3ccc4ccc(=O)oc4c3)CS[C@H]12. The topological polar surface area (TPSA) is 105 Å². The fourth-order valence-corrected chi connectivity index (χ4v) is 5.51. The summed E-state index contributed by atoms with van der Waals surface area (Å²) in [6, 6.07) is 15.4. The maximum absolute atomic E-state index is 13.3. The molecule has 3 heterocycles. The lowest BCUT2D eigenvalue weighted by Crippen LogP contribution is -2.66. The first-order chi connectivity index (χ1) is 18.0. The Morgan fingerprint density at radius 1 is 1.05 bits per heavy atom. The number of methoxy groups -OCH3 is 1. The van der Waals surface area contributed by atoms with Crippen molar-refractivity contribution in [2.24, 2.45) is 0 Å². The minimum atomic E-state index is -0.604. The minimum Gasteiger partial charge on any atom is -0.497 e. The van der Waals surface area contributed by atoms with E-state index >= 15 is 0 Å². The maximum Gasteiger partial charge on any atom is 0.355 e. The van der Waals surface area contributed by atoms with Crippen LogP contribution in [0.25, 0.3) is 11.0 Å². The molecule has 0 N–H and O–H groups in total. The van der Waals surface area contributed by atoms with Gasteiger partial charge in [-0.25, -0.2) is 9.59 Å². The number of ether oxygens (including phenoxy) is 4. The summed E-state index contributed by atoms with van der Waals surface area (Å²) in [5.74, 6) is 0.751. The molecule has 37 heavy (non-hydrogen) atoms. The maximum atomic E-state index is 13.3. The highest BCUT2D eigenvalue weighted by atomic mass is 32.2. The van der Waals surface area contributed by atoms with Crippen LogP contribution in [0.5, 0.6) is 11.5 Å². The summed E-state index contributed by atoms with van der Waals surface area (Å²) >= 11 is 1.51. The zero-order chi connectivity index (χ0) is 25.9. The number of amides is 1. The lowest BCUT2D eigenvalue weighted by molar-refractivity contribution is -0.165. The molecule has 0 aliphatic carbocycles. The normalized spacial score (nSPS) is 18.9. The van der Waals surface area contributed by atoms with E-state index in [2.05, 4.69) is 0 Å². The molecular weight excluding hydrogens is 498 g/mol. The standard InChI is InChI=1S/C27H25NO8S/c1-3-33-24-25(30)28-23(27(31)35-13-16-4-8-19(32-2)9-5-16)18(15-37-26(24)28)14-34-20-10-6-17-7-11-22(29)36-21(17)12-20/h4-12,24,26H,3,13-15H2,1-2H3/t24-,26+/m0/s1. The van der Waals surface area contributed by atoms with E-state index in [1.165, 1.54) is 22.7 Å². The highest BCUT2D eigenvalue weighted by Gasteiger charge is 2.54. The van der Waals surface area contributed by atoms with E-state index in [1.54, 1.807) is 43.5 Å². The lowest BCUT2D eigenvalue weighted by Gasteiger charge is -2.49. The van der Waals surface area contributed by atoms with Crippen LogP contribution >= 0.6 is 11.8 Å². The van der Waals surface area contributed by atoms with Crippen molar-refractivity contribution in [2.45, 2.75) is 25.0 Å². The number of carbonyl (C=O) groups is 2. The second-order valence-corrected chi connectivity index (χ2v) is 9.51. The Morgan fingerprint density at radius 2 is 1.81 bits per heavy atom. The molecule has 2 aromatic carbocycles. The van der Waals surface area contributed by atoms with Crippen LogP contribution in [-0.2, 0) is 25.7 Å². The van der Waals surface area contributed by atoms with Crippen LogP contribution in [0.4, 0.5) is 0 Å². The number of nitrogens with zero attached hydrogens (tertiary/aromatic N) is 1. The first-order valence-corrected chi connectivity index (χ1v) is 12.8. The number of hydrogen-bond acceptors (Lipinski definition) is 9. The van der Waals surface area contributed by atoms with Gasteiger partial charge in [0.2, 0.25) is 0 Å². The molecule has 0 radical (unpaired) electrons. The fraction of sp³-hybridized carbons (Fsp3) is 0.296. The summed E-state index contributed by atoms with van der Waals surface area (Å²) in [5, 5.41) is 0.466. The highest BCUT2D eigenvalue weighted by molar-refractivity contribution is 8.00. The Balaban J connectivity index is 1.37. The molecule has 10 heteroatoms. The van der Waals surface area contributed by atoms with Gasteiger partial charge in [0.05, 0.1) is 7.11 Å². The number of carbonyl (C=O) groups excluding carboxylic acids is 2. The number of rotatable bonds is 9. The van der Waals surface area contributed by atoms with Gasteiger partial charge in [-0.05, 0) is 42.8 Å². The van der Waals surface area contributed by atoms with Crippen molar-refractivity contribution >= 4 is 34.6 Å². The van der Waals surface area contributed by atoms with Crippen molar-refractivity contribution in [1.29, 1.82) is 0 Å². The third-order valence-corrected chi connectivity index (χ3v) is 7.39. The smallest absolute Gasteiger partial charge is 0.355 e. The van der Waals surface area contributed by atoms with E-state index < -0.39 is 17.7 Å². The van der Waals surface area contributed by atoms with Crippen LogP contribution in [0.1, 0.15) is 12.5 Å². The van der Waals surface area contributed by atoms with Gasteiger partial charge in [0, 0.05) is 35.5 Å². The molecule has 1 fully saturated rings. The van der Waals surface area contributed by atoms with Crippen LogP contribution in [0.3, 0.4) is 0 Å². The average molecular weight is 524 g/mol. The summed E-state index contributed by atoms with van der Waals surface area (Å²) in [5.41, 5.74) is 1.54. The summed E-state index contributed by atoms with van der Waals surface area (Å²) in [6.07, 6.45) is -0.592. The molecule has 9 nitrogen and oxygen atoms in total. The molecule has 1 amide bonds. The van der Waals surface area contributed by atoms with E-state index in [0.717, 1.165) is 10.9 Å². The molecular formula is C27H25NO8S. The predicted octanol–water partition coefficient (Wildman–Crippen LogP) is 3.50. The van der Waals surface area contributed by atoms with Crippen molar-refractivity contribution in [3.63, 3.8) is 0 Å².